The van der Waals surface area contributed by atoms with Crippen LogP contribution < -0.4 is 0 Å². The molecule has 4 nitrogen and oxygen atoms in total. The predicted octanol–water partition coefficient (Wildman–Crippen LogP) is 2.93. The number of halogens is 1. The quantitative estimate of drug-likeness (QED) is 0.442. The Morgan fingerprint density at radius 3 is 2.57 bits per heavy atom. The lowest BCUT2D eigenvalue weighted by atomic mass is 10.2. The molecule has 0 radical (unpaired) electrons. The van der Waals surface area contributed by atoms with E-state index in [2.05, 4.69) is 6.58 Å². The molecule has 0 aliphatic carbocycles. The molecule has 0 N–H and O–H groups in total. The van der Waals surface area contributed by atoms with E-state index >= 15 is 0 Å². The highest BCUT2D eigenvalue weighted by molar-refractivity contribution is 6.30. The molecular weight excluding hydrogens is 290 g/mol. The highest BCUT2D eigenvalue weighted by Gasteiger charge is 2.14. The van der Waals surface area contributed by atoms with Gasteiger partial charge in [-0.25, -0.2) is 0 Å². The van der Waals surface area contributed by atoms with E-state index in [0.717, 1.165) is 5.56 Å². The number of carbonyl (C=O) groups excluding carboxylic acids is 2. The third kappa shape index (κ3) is 6.27. The summed E-state index contributed by atoms with van der Waals surface area (Å²) in [6.45, 7) is 5.77. The zero-order chi connectivity index (χ0) is 15.7. The van der Waals surface area contributed by atoms with Crippen LogP contribution >= 0.6 is 11.6 Å². The summed E-state index contributed by atoms with van der Waals surface area (Å²) in [7, 11) is 0. The van der Waals surface area contributed by atoms with Crippen molar-refractivity contribution in [2.75, 3.05) is 19.7 Å². The van der Waals surface area contributed by atoms with E-state index in [9.17, 15) is 9.59 Å². The zero-order valence-corrected chi connectivity index (χ0v) is 12.7. The van der Waals surface area contributed by atoms with Crippen LogP contribution in [-0.2, 0) is 14.3 Å². The lowest BCUT2D eigenvalue weighted by Gasteiger charge is -2.18. The summed E-state index contributed by atoms with van der Waals surface area (Å²) in [5.41, 5.74) is 0.849. The molecule has 0 unspecified atom stereocenters. The van der Waals surface area contributed by atoms with Crippen molar-refractivity contribution < 1.29 is 14.3 Å². The third-order valence-electron chi connectivity index (χ3n) is 2.57. The highest BCUT2D eigenvalue weighted by atomic mass is 35.5. The van der Waals surface area contributed by atoms with E-state index in [-0.39, 0.29) is 25.6 Å². The number of benzene rings is 1. The van der Waals surface area contributed by atoms with Gasteiger partial charge in [-0.05, 0) is 30.7 Å². The van der Waals surface area contributed by atoms with Gasteiger partial charge in [-0.15, -0.1) is 6.58 Å². The van der Waals surface area contributed by atoms with Gasteiger partial charge in [0.15, 0.2) is 0 Å². The number of ether oxygens (including phenoxy) is 1. The molecule has 0 heterocycles. The molecule has 0 bridgehead atoms. The van der Waals surface area contributed by atoms with E-state index in [1.165, 1.54) is 11.0 Å². The van der Waals surface area contributed by atoms with Gasteiger partial charge in [0.2, 0.25) is 5.91 Å². The molecule has 1 aromatic carbocycles. The molecule has 0 saturated carbocycles. The molecule has 0 saturated heterocycles. The van der Waals surface area contributed by atoms with E-state index in [0.29, 0.717) is 5.02 Å². The minimum atomic E-state index is -0.437. The van der Waals surface area contributed by atoms with Gasteiger partial charge in [0, 0.05) is 17.6 Å². The Bertz CT molecular complexity index is 523. The number of hydrogen-bond donors (Lipinski definition) is 0. The first-order valence-corrected chi connectivity index (χ1v) is 6.93. The van der Waals surface area contributed by atoms with Gasteiger partial charge in [0.25, 0.3) is 0 Å². The van der Waals surface area contributed by atoms with Crippen molar-refractivity contribution in [3.05, 3.63) is 53.6 Å². The van der Waals surface area contributed by atoms with Crippen molar-refractivity contribution in [1.29, 1.82) is 0 Å². The van der Waals surface area contributed by atoms with Crippen molar-refractivity contribution in [2.24, 2.45) is 0 Å². The predicted molar refractivity (Wildman–Crippen MR) is 83.9 cm³/mol. The van der Waals surface area contributed by atoms with Gasteiger partial charge < -0.3 is 9.64 Å². The van der Waals surface area contributed by atoms with Gasteiger partial charge in [0.1, 0.15) is 6.54 Å². The van der Waals surface area contributed by atoms with Crippen molar-refractivity contribution in [1.82, 2.24) is 4.90 Å². The summed E-state index contributed by atoms with van der Waals surface area (Å²) >= 11 is 5.79. The number of carbonyl (C=O) groups is 2. The van der Waals surface area contributed by atoms with Crippen LogP contribution in [0.25, 0.3) is 6.08 Å². The fourth-order valence-electron chi connectivity index (χ4n) is 1.60. The summed E-state index contributed by atoms with van der Waals surface area (Å²) < 4.78 is 4.84. The van der Waals surface area contributed by atoms with Gasteiger partial charge in [0.05, 0.1) is 6.61 Å². The Morgan fingerprint density at radius 2 is 2.00 bits per heavy atom. The van der Waals surface area contributed by atoms with E-state index in [1.54, 1.807) is 43.3 Å². The van der Waals surface area contributed by atoms with Gasteiger partial charge in [-0.3, -0.25) is 9.59 Å². The summed E-state index contributed by atoms with van der Waals surface area (Å²) in [6, 6.07) is 7.09. The Labute approximate surface area is 129 Å². The number of esters is 1. The zero-order valence-electron chi connectivity index (χ0n) is 11.9. The largest absolute Gasteiger partial charge is 0.465 e. The number of amides is 1. The molecule has 0 fully saturated rings. The van der Waals surface area contributed by atoms with Gasteiger partial charge in [-0.1, -0.05) is 29.8 Å². The maximum atomic E-state index is 12.1. The fourth-order valence-corrected chi connectivity index (χ4v) is 1.72. The standard InChI is InChI=1S/C16H18ClNO3/c1-3-11-18(12-16(20)21-4-2)15(19)10-7-13-5-8-14(17)9-6-13/h3,5-10H,1,4,11-12H2,2H3/b10-7+. The maximum absolute atomic E-state index is 12.1. The summed E-state index contributed by atoms with van der Waals surface area (Å²) in [6.07, 6.45) is 4.64. The molecule has 0 aromatic heterocycles. The topological polar surface area (TPSA) is 46.6 Å². The van der Waals surface area contributed by atoms with Crippen LogP contribution in [0.2, 0.25) is 5.02 Å². The van der Waals surface area contributed by atoms with Crippen molar-refractivity contribution in [2.45, 2.75) is 6.92 Å². The highest BCUT2D eigenvalue weighted by Crippen LogP contribution is 2.10. The first-order valence-electron chi connectivity index (χ1n) is 6.56. The minimum Gasteiger partial charge on any atom is -0.465 e. The number of hydrogen-bond acceptors (Lipinski definition) is 3. The average molecular weight is 308 g/mol. The Hall–Kier alpha value is -2.07. The Kier molecular flexibility index (Phi) is 7.26. The van der Waals surface area contributed by atoms with Crippen LogP contribution in [0.4, 0.5) is 0 Å². The van der Waals surface area contributed by atoms with Crippen molar-refractivity contribution >= 4 is 29.6 Å². The van der Waals surface area contributed by atoms with E-state index in [4.69, 9.17) is 16.3 Å². The Morgan fingerprint density at radius 1 is 1.33 bits per heavy atom. The molecule has 1 amide bonds. The first kappa shape index (κ1) is 17.0. The SMILES string of the molecule is C=CCN(CC(=O)OCC)C(=O)/C=C/c1ccc(Cl)cc1. The van der Waals surface area contributed by atoms with Gasteiger partial charge in [-0.2, -0.15) is 0 Å². The molecule has 112 valence electrons. The van der Waals surface area contributed by atoms with Crippen LogP contribution in [0.3, 0.4) is 0 Å². The number of nitrogens with zero attached hydrogens (tertiary/aromatic N) is 1. The number of rotatable bonds is 7. The maximum Gasteiger partial charge on any atom is 0.325 e. The smallest absolute Gasteiger partial charge is 0.325 e. The molecule has 0 atom stereocenters. The first-order chi connectivity index (χ1) is 10.1. The third-order valence-corrected chi connectivity index (χ3v) is 2.83. The molecule has 1 aromatic rings. The van der Waals surface area contributed by atoms with Crippen LogP contribution in [0, 0.1) is 0 Å². The normalized spacial score (nSPS) is 10.4. The molecule has 21 heavy (non-hydrogen) atoms. The van der Waals surface area contributed by atoms with Crippen LogP contribution in [0.1, 0.15) is 12.5 Å². The van der Waals surface area contributed by atoms with Gasteiger partial charge >= 0.3 is 5.97 Å². The Balaban J connectivity index is 2.69. The van der Waals surface area contributed by atoms with Crippen LogP contribution in [0.5, 0.6) is 0 Å². The summed E-state index contributed by atoms with van der Waals surface area (Å²) in [5, 5.41) is 0.633. The monoisotopic (exact) mass is 307 g/mol. The van der Waals surface area contributed by atoms with E-state index < -0.39 is 5.97 Å². The summed E-state index contributed by atoms with van der Waals surface area (Å²) in [5.74, 6) is -0.717. The molecule has 1 rings (SSSR count). The second-order valence-electron chi connectivity index (χ2n) is 4.20. The fraction of sp³-hybridized carbons (Fsp3) is 0.250. The van der Waals surface area contributed by atoms with Crippen LogP contribution in [-0.4, -0.2) is 36.5 Å². The summed E-state index contributed by atoms with van der Waals surface area (Å²) in [4.78, 5) is 24.9. The second kappa shape index (κ2) is 8.97. The lowest BCUT2D eigenvalue weighted by Crippen LogP contribution is -2.35. The van der Waals surface area contributed by atoms with E-state index in [1.807, 2.05) is 0 Å². The van der Waals surface area contributed by atoms with Crippen molar-refractivity contribution in [3.63, 3.8) is 0 Å². The minimum absolute atomic E-state index is 0.0936. The lowest BCUT2D eigenvalue weighted by molar-refractivity contribution is -0.147. The van der Waals surface area contributed by atoms with Crippen LogP contribution in [0.15, 0.2) is 43.0 Å². The molecule has 0 aliphatic heterocycles. The second-order valence-corrected chi connectivity index (χ2v) is 4.63. The average Bonchev–Trinajstić information content (AvgIpc) is 2.46. The molecule has 0 spiro atoms. The molecule has 5 heteroatoms. The molecule has 0 aliphatic rings. The van der Waals surface area contributed by atoms with Crippen molar-refractivity contribution in [3.8, 4) is 0 Å². The molecular formula is C16H18ClNO3.